The van der Waals surface area contributed by atoms with E-state index in [9.17, 15) is 13.2 Å². The number of benzene rings is 2. The number of rotatable bonds is 5. The van der Waals surface area contributed by atoms with E-state index in [-0.39, 0.29) is 4.90 Å². The average Bonchev–Trinajstić information content (AvgIpc) is 2.60. The number of nitrogens with zero attached hydrogens (tertiary/aromatic N) is 1. The molecule has 0 saturated heterocycles. The largest absolute Gasteiger partial charge is 0.480 e. The summed E-state index contributed by atoms with van der Waals surface area (Å²) in [7, 11) is -3.90. The zero-order valence-electron chi connectivity index (χ0n) is 13.4. The molecule has 0 aliphatic carbocycles. The number of aryl methyl sites for hydroxylation is 1. The molecule has 0 radical (unpaired) electrons. The Hall–Kier alpha value is -2.77. The summed E-state index contributed by atoms with van der Waals surface area (Å²) in [6.07, 6.45) is 0. The second kappa shape index (κ2) is 6.62. The van der Waals surface area contributed by atoms with Gasteiger partial charge in [-0.3, -0.25) is 4.79 Å². The highest BCUT2D eigenvalue weighted by molar-refractivity contribution is 7.89. The number of carboxylic acids is 1. The topological polar surface area (TPSA) is 96.4 Å². The Morgan fingerprint density at radius 1 is 1.12 bits per heavy atom. The number of fused-ring (bicyclic) bond motifs is 1. The molecule has 7 heteroatoms. The maximum atomic E-state index is 12.2. The maximum absolute atomic E-state index is 12.2. The van der Waals surface area contributed by atoms with Gasteiger partial charge in [0.15, 0.2) is 0 Å². The van der Waals surface area contributed by atoms with Gasteiger partial charge in [-0.15, -0.1) is 0 Å². The average molecular weight is 356 g/mol. The molecule has 3 aromatic rings. The molecule has 0 saturated carbocycles. The van der Waals surface area contributed by atoms with Crippen molar-refractivity contribution in [3.8, 4) is 11.3 Å². The Morgan fingerprint density at radius 2 is 1.88 bits per heavy atom. The summed E-state index contributed by atoms with van der Waals surface area (Å²) in [5, 5.41) is 9.69. The first-order valence-electron chi connectivity index (χ1n) is 7.55. The van der Waals surface area contributed by atoms with Gasteiger partial charge in [0, 0.05) is 10.9 Å². The van der Waals surface area contributed by atoms with Crippen LogP contribution in [0.5, 0.6) is 0 Å². The molecule has 1 aromatic heterocycles. The lowest BCUT2D eigenvalue weighted by atomic mass is 10.1. The Balaban J connectivity index is 2.04. The fourth-order valence-corrected chi connectivity index (χ4v) is 3.58. The van der Waals surface area contributed by atoms with Crippen LogP contribution in [0.25, 0.3) is 22.2 Å². The molecule has 2 N–H and O–H groups in total. The van der Waals surface area contributed by atoms with E-state index in [0.29, 0.717) is 11.3 Å². The number of aromatic nitrogens is 1. The van der Waals surface area contributed by atoms with Gasteiger partial charge in [-0.25, -0.2) is 13.4 Å². The van der Waals surface area contributed by atoms with Gasteiger partial charge in [0.25, 0.3) is 0 Å². The van der Waals surface area contributed by atoms with Gasteiger partial charge in [-0.1, -0.05) is 30.3 Å². The van der Waals surface area contributed by atoms with Crippen LogP contribution in [0, 0.1) is 6.92 Å². The van der Waals surface area contributed by atoms with Crippen LogP contribution in [0.2, 0.25) is 0 Å². The highest BCUT2D eigenvalue weighted by Gasteiger charge is 2.16. The molecule has 2 aromatic carbocycles. The van der Waals surface area contributed by atoms with Crippen molar-refractivity contribution in [3.05, 3.63) is 60.2 Å². The molecule has 0 spiro atoms. The summed E-state index contributed by atoms with van der Waals surface area (Å²) < 4.78 is 26.5. The second-order valence-electron chi connectivity index (χ2n) is 5.59. The van der Waals surface area contributed by atoms with Crippen molar-refractivity contribution in [2.24, 2.45) is 0 Å². The van der Waals surface area contributed by atoms with Crippen molar-refractivity contribution in [2.75, 3.05) is 6.54 Å². The van der Waals surface area contributed by atoms with E-state index in [1.165, 1.54) is 12.1 Å². The summed E-state index contributed by atoms with van der Waals surface area (Å²) in [4.78, 5) is 15.2. The molecule has 1 heterocycles. The van der Waals surface area contributed by atoms with Crippen molar-refractivity contribution in [3.63, 3.8) is 0 Å². The zero-order valence-corrected chi connectivity index (χ0v) is 14.2. The summed E-state index contributed by atoms with van der Waals surface area (Å²) >= 11 is 0. The molecule has 0 amide bonds. The third kappa shape index (κ3) is 3.67. The number of sulfonamides is 1. The number of hydrogen-bond acceptors (Lipinski definition) is 4. The summed E-state index contributed by atoms with van der Waals surface area (Å²) in [6.45, 7) is 1.31. The van der Waals surface area contributed by atoms with E-state index in [0.717, 1.165) is 16.5 Å². The Kier molecular flexibility index (Phi) is 4.52. The van der Waals surface area contributed by atoms with Crippen LogP contribution in [-0.4, -0.2) is 31.0 Å². The van der Waals surface area contributed by atoms with E-state index in [1.807, 2.05) is 42.0 Å². The van der Waals surface area contributed by atoms with Gasteiger partial charge in [0.1, 0.15) is 6.54 Å². The monoisotopic (exact) mass is 356 g/mol. The maximum Gasteiger partial charge on any atom is 0.318 e. The van der Waals surface area contributed by atoms with Crippen LogP contribution in [0.15, 0.2) is 59.5 Å². The predicted molar refractivity (Wildman–Crippen MR) is 94.7 cm³/mol. The highest BCUT2D eigenvalue weighted by atomic mass is 32.2. The molecule has 0 fully saturated rings. The number of nitrogens with one attached hydrogen (secondary N) is 1. The summed E-state index contributed by atoms with van der Waals surface area (Å²) in [5.41, 5.74) is 3.17. The third-order valence-corrected chi connectivity index (χ3v) is 5.18. The number of carbonyl (C=O) groups is 1. The van der Waals surface area contributed by atoms with E-state index in [4.69, 9.17) is 5.11 Å². The summed E-state index contributed by atoms with van der Waals surface area (Å²) in [6, 6.07) is 15.9. The molecule has 0 aliphatic heterocycles. The molecule has 128 valence electrons. The molecule has 6 nitrogen and oxygen atoms in total. The van der Waals surface area contributed by atoms with Gasteiger partial charge < -0.3 is 5.11 Å². The van der Waals surface area contributed by atoms with Crippen LogP contribution in [0.1, 0.15) is 5.56 Å². The Bertz CT molecular complexity index is 1060. The van der Waals surface area contributed by atoms with Crippen LogP contribution >= 0.6 is 0 Å². The fraction of sp³-hybridized carbons (Fsp3) is 0.111. The molecule has 25 heavy (non-hydrogen) atoms. The van der Waals surface area contributed by atoms with Crippen LogP contribution < -0.4 is 4.72 Å². The van der Waals surface area contributed by atoms with Crippen molar-refractivity contribution in [1.29, 1.82) is 0 Å². The summed E-state index contributed by atoms with van der Waals surface area (Å²) in [5.74, 6) is -1.24. The van der Waals surface area contributed by atoms with Gasteiger partial charge in [-0.05, 0) is 36.8 Å². The minimum absolute atomic E-state index is 0.00105. The standard InChI is InChI=1S/C18H16N2O4S/c1-12-9-17(20-16-8-3-2-7-15(12)16)13-5-4-6-14(10-13)25(23,24)19-11-18(21)22/h2-10,19H,11H2,1H3,(H,21,22). The number of hydrogen-bond donors (Lipinski definition) is 2. The van der Waals surface area contributed by atoms with Crippen molar-refractivity contribution < 1.29 is 18.3 Å². The Morgan fingerprint density at radius 3 is 2.64 bits per heavy atom. The van der Waals surface area contributed by atoms with Gasteiger partial charge >= 0.3 is 5.97 Å². The first kappa shape index (κ1) is 17.1. The number of pyridine rings is 1. The van der Waals surface area contributed by atoms with Crippen LogP contribution in [0.3, 0.4) is 0 Å². The number of para-hydroxylation sites is 1. The lowest BCUT2D eigenvalue weighted by molar-refractivity contribution is -0.135. The second-order valence-corrected chi connectivity index (χ2v) is 7.35. The van der Waals surface area contributed by atoms with Crippen molar-refractivity contribution in [2.45, 2.75) is 11.8 Å². The van der Waals surface area contributed by atoms with Crippen molar-refractivity contribution >= 4 is 26.9 Å². The third-order valence-electron chi connectivity index (χ3n) is 3.78. The SMILES string of the molecule is Cc1cc(-c2cccc(S(=O)(=O)NCC(=O)O)c2)nc2ccccc12. The lowest BCUT2D eigenvalue weighted by Gasteiger charge is -2.09. The van der Waals surface area contributed by atoms with E-state index >= 15 is 0 Å². The smallest absolute Gasteiger partial charge is 0.318 e. The van der Waals surface area contributed by atoms with E-state index < -0.39 is 22.5 Å². The normalized spacial score (nSPS) is 11.6. The first-order valence-corrected chi connectivity index (χ1v) is 9.03. The quantitative estimate of drug-likeness (QED) is 0.732. The first-order chi connectivity index (χ1) is 11.9. The fourth-order valence-electron chi connectivity index (χ4n) is 2.56. The molecular formula is C18H16N2O4S. The van der Waals surface area contributed by atoms with Crippen LogP contribution in [-0.2, 0) is 14.8 Å². The van der Waals surface area contributed by atoms with Gasteiger partial charge in [-0.2, -0.15) is 4.72 Å². The zero-order chi connectivity index (χ0) is 18.0. The van der Waals surface area contributed by atoms with Crippen molar-refractivity contribution in [1.82, 2.24) is 9.71 Å². The molecule has 0 unspecified atom stereocenters. The molecule has 0 atom stereocenters. The minimum Gasteiger partial charge on any atom is -0.480 e. The molecule has 0 bridgehead atoms. The number of aliphatic carboxylic acids is 1. The molecule has 0 aliphatic rings. The molecule has 3 rings (SSSR count). The highest BCUT2D eigenvalue weighted by Crippen LogP contribution is 2.25. The van der Waals surface area contributed by atoms with E-state index in [2.05, 4.69) is 4.98 Å². The predicted octanol–water partition coefficient (Wildman–Crippen LogP) is 2.57. The number of carboxylic acid groups (broad SMARTS) is 1. The molecular weight excluding hydrogens is 340 g/mol. The van der Waals surface area contributed by atoms with Crippen LogP contribution in [0.4, 0.5) is 0 Å². The minimum atomic E-state index is -3.90. The van der Waals surface area contributed by atoms with Gasteiger partial charge in [0.2, 0.25) is 10.0 Å². The van der Waals surface area contributed by atoms with E-state index in [1.54, 1.807) is 12.1 Å². The lowest BCUT2D eigenvalue weighted by Crippen LogP contribution is -2.29. The van der Waals surface area contributed by atoms with Gasteiger partial charge in [0.05, 0.1) is 16.1 Å². The Labute approximate surface area is 145 Å².